The van der Waals surface area contributed by atoms with E-state index in [0.717, 1.165) is 30.8 Å². The van der Waals surface area contributed by atoms with E-state index in [0.29, 0.717) is 5.56 Å². The predicted molar refractivity (Wildman–Crippen MR) is 80.7 cm³/mol. The van der Waals surface area contributed by atoms with E-state index in [-0.39, 0.29) is 5.91 Å². The summed E-state index contributed by atoms with van der Waals surface area (Å²) < 4.78 is 0. The number of anilines is 2. The van der Waals surface area contributed by atoms with Gasteiger partial charge in [-0.25, -0.2) is 0 Å². The first-order chi connectivity index (χ1) is 9.79. The molecular weight excluding hydrogens is 250 g/mol. The zero-order valence-corrected chi connectivity index (χ0v) is 11.2. The lowest BCUT2D eigenvalue weighted by Gasteiger charge is -2.29. The fourth-order valence-electron chi connectivity index (χ4n) is 2.61. The van der Waals surface area contributed by atoms with Gasteiger partial charge in [-0.15, -0.1) is 0 Å². The highest BCUT2D eigenvalue weighted by molar-refractivity contribution is 6.06. The van der Waals surface area contributed by atoms with Gasteiger partial charge in [-0.05, 0) is 48.7 Å². The Hall–Kier alpha value is -2.33. The van der Waals surface area contributed by atoms with Gasteiger partial charge < -0.3 is 10.3 Å². The number of hydrazine groups is 1. The van der Waals surface area contributed by atoms with E-state index in [1.54, 1.807) is 12.1 Å². The summed E-state index contributed by atoms with van der Waals surface area (Å²) in [4.78, 5) is 14.5. The van der Waals surface area contributed by atoms with Gasteiger partial charge in [-0.1, -0.05) is 18.2 Å². The average molecular weight is 267 g/mol. The zero-order chi connectivity index (χ0) is 13.9. The van der Waals surface area contributed by atoms with Gasteiger partial charge in [0.25, 0.3) is 5.91 Å². The Morgan fingerprint density at radius 3 is 2.60 bits per heavy atom. The first-order valence-electron chi connectivity index (χ1n) is 6.76. The molecule has 0 unspecified atom stereocenters. The molecule has 1 aliphatic rings. The molecule has 3 N–H and O–H groups in total. The number of nitrogen functional groups attached to an aromatic ring is 1. The summed E-state index contributed by atoms with van der Waals surface area (Å²) in [6.07, 6.45) is 2.04. The van der Waals surface area contributed by atoms with Crippen molar-refractivity contribution < 1.29 is 4.79 Å². The van der Waals surface area contributed by atoms with E-state index in [9.17, 15) is 4.79 Å². The second-order valence-electron chi connectivity index (χ2n) is 4.91. The molecule has 0 atom stereocenters. The van der Waals surface area contributed by atoms with Gasteiger partial charge in [-0.3, -0.25) is 10.6 Å². The molecule has 1 heterocycles. The van der Waals surface area contributed by atoms with Crippen LogP contribution < -0.4 is 16.2 Å². The molecule has 0 spiro atoms. The Morgan fingerprint density at radius 1 is 1.10 bits per heavy atom. The summed E-state index contributed by atoms with van der Waals surface area (Å²) in [5, 5.41) is 0. The van der Waals surface area contributed by atoms with Crippen molar-refractivity contribution in [3.05, 3.63) is 59.7 Å². The van der Waals surface area contributed by atoms with Crippen molar-refractivity contribution >= 4 is 17.3 Å². The Bertz CT molecular complexity index is 622. The maximum atomic E-state index is 12.6. The van der Waals surface area contributed by atoms with Crippen LogP contribution in [0, 0.1) is 0 Å². The number of carbonyl (C=O) groups is 1. The Labute approximate surface area is 118 Å². The molecule has 0 saturated carbocycles. The lowest BCUT2D eigenvalue weighted by atomic mass is 10.0. The number of benzene rings is 2. The van der Waals surface area contributed by atoms with Gasteiger partial charge in [0.1, 0.15) is 0 Å². The normalized spacial score (nSPS) is 13.8. The number of hydrogen-bond acceptors (Lipinski definition) is 3. The molecule has 3 rings (SSSR count). The number of carbonyl (C=O) groups excluding carboxylic acids is 1. The van der Waals surface area contributed by atoms with Crippen molar-refractivity contribution in [1.82, 2.24) is 0 Å². The number of fused-ring (bicyclic) bond motifs is 1. The van der Waals surface area contributed by atoms with Crippen molar-refractivity contribution in [3.8, 4) is 0 Å². The highest BCUT2D eigenvalue weighted by atomic mass is 16.2. The van der Waals surface area contributed by atoms with Gasteiger partial charge >= 0.3 is 0 Å². The molecule has 0 aliphatic carbocycles. The fraction of sp³-hybridized carbons (Fsp3) is 0.188. The minimum Gasteiger partial charge on any atom is -0.324 e. The molecule has 4 nitrogen and oxygen atoms in total. The van der Waals surface area contributed by atoms with Crippen LogP contribution in [0.2, 0.25) is 0 Å². The van der Waals surface area contributed by atoms with Crippen molar-refractivity contribution in [2.24, 2.45) is 5.84 Å². The molecule has 0 saturated heterocycles. The molecule has 1 amide bonds. The Balaban J connectivity index is 1.91. The molecule has 0 bridgehead atoms. The van der Waals surface area contributed by atoms with Crippen LogP contribution in [0.25, 0.3) is 0 Å². The lowest BCUT2D eigenvalue weighted by Crippen LogP contribution is -2.35. The largest absolute Gasteiger partial charge is 0.324 e. The second kappa shape index (κ2) is 5.35. The van der Waals surface area contributed by atoms with E-state index < -0.39 is 0 Å². The minimum absolute atomic E-state index is 0.0423. The molecular formula is C16H17N3O. The third-order valence-corrected chi connectivity index (χ3v) is 3.65. The third kappa shape index (κ3) is 2.26. The number of nitrogens with one attached hydrogen (secondary N) is 1. The molecule has 2 aromatic carbocycles. The van der Waals surface area contributed by atoms with Crippen molar-refractivity contribution in [1.29, 1.82) is 0 Å². The maximum Gasteiger partial charge on any atom is 0.258 e. The van der Waals surface area contributed by atoms with Crippen molar-refractivity contribution in [2.75, 3.05) is 16.9 Å². The Morgan fingerprint density at radius 2 is 1.85 bits per heavy atom. The van der Waals surface area contributed by atoms with E-state index >= 15 is 0 Å². The second-order valence-corrected chi connectivity index (χ2v) is 4.91. The van der Waals surface area contributed by atoms with Crippen LogP contribution in [-0.4, -0.2) is 12.5 Å². The molecule has 20 heavy (non-hydrogen) atoms. The van der Waals surface area contributed by atoms with Crippen molar-refractivity contribution in [2.45, 2.75) is 12.8 Å². The van der Waals surface area contributed by atoms with Crippen LogP contribution in [0.5, 0.6) is 0 Å². The number of nitrogens with zero attached hydrogens (tertiary/aromatic N) is 1. The van der Waals surface area contributed by atoms with Gasteiger partial charge in [0.2, 0.25) is 0 Å². The molecule has 102 valence electrons. The molecule has 0 radical (unpaired) electrons. The first kappa shape index (κ1) is 12.7. The highest BCUT2D eigenvalue weighted by Crippen LogP contribution is 2.28. The summed E-state index contributed by atoms with van der Waals surface area (Å²) in [6, 6.07) is 15.3. The maximum absolute atomic E-state index is 12.6. The SMILES string of the molecule is NNc1ccc(C(=O)N2CCCc3ccccc32)cc1. The summed E-state index contributed by atoms with van der Waals surface area (Å²) in [6.45, 7) is 0.771. The number of aryl methyl sites for hydroxylation is 1. The third-order valence-electron chi connectivity index (χ3n) is 3.65. The summed E-state index contributed by atoms with van der Waals surface area (Å²) >= 11 is 0. The topological polar surface area (TPSA) is 58.4 Å². The molecule has 0 fully saturated rings. The smallest absolute Gasteiger partial charge is 0.258 e. The van der Waals surface area contributed by atoms with Crippen LogP contribution in [0.15, 0.2) is 48.5 Å². The number of rotatable bonds is 2. The van der Waals surface area contributed by atoms with Crippen LogP contribution in [0.4, 0.5) is 11.4 Å². The minimum atomic E-state index is 0.0423. The van der Waals surface area contributed by atoms with Crippen LogP contribution >= 0.6 is 0 Å². The number of para-hydroxylation sites is 1. The van der Waals surface area contributed by atoms with Crippen molar-refractivity contribution in [3.63, 3.8) is 0 Å². The Kier molecular flexibility index (Phi) is 3.39. The number of amides is 1. The first-order valence-corrected chi connectivity index (χ1v) is 6.76. The molecule has 2 aromatic rings. The molecule has 0 aromatic heterocycles. The predicted octanol–water partition coefficient (Wildman–Crippen LogP) is 2.57. The van der Waals surface area contributed by atoms with Crippen LogP contribution in [0.3, 0.4) is 0 Å². The van der Waals surface area contributed by atoms with E-state index in [4.69, 9.17) is 5.84 Å². The van der Waals surface area contributed by atoms with Crippen LogP contribution in [-0.2, 0) is 6.42 Å². The average Bonchev–Trinajstić information content (AvgIpc) is 2.54. The monoisotopic (exact) mass is 267 g/mol. The fourth-order valence-corrected chi connectivity index (χ4v) is 2.61. The summed E-state index contributed by atoms with van der Waals surface area (Å²) in [5.41, 5.74) is 6.31. The quantitative estimate of drug-likeness (QED) is 0.649. The van der Waals surface area contributed by atoms with Gasteiger partial charge in [0.05, 0.1) is 0 Å². The number of hydrogen-bond donors (Lipinski definition) is 2. The van der Waals surface area contributed by atoms with Crippen LogP contribution in [0.1, 0.15) is 22.3 Å². The van der Waals surface area contributed by atoms with E-state index in [2.05, 4.69) is 11.5 Å². The highest BCUT2D eigenvalue weighted by Gasteiger charge is 2.22. The van der Waals surface area contributed by atoms with Gasteiger partial charge in [0.15, 0.2) is 0 Å². The summed E-state index contributed by atoms with van der Waals surface area (Å²) in [7, 11) is 0. The zero-order valence-electron chi connectivity index (χ0n) is 11.2. The lowest BCUT2D eigenvalue weighted by molar-refractivity contribution is 0.0985. The van der Waals surface area contributed by atoms with E-state index in [1.165, 1.54) is 5.56 Å². The van der Waals surface area contributed by atoms with Gasteiger partial charge in [-0.2, -0.15) is 0 Å². The van der Waals surface area contributed by atoms with Gasteiger partial charge in [0, 0.05) is 23.5 Å². The summed E-state index contributed by atoms with van der Waals surface area (Å²) in [5.74, 6) is 5.38. The number of nitrogens with two attached hydrogens (primary N) is 1. The van der Waals surface area contributed by atoms with E-state index in [1.807, 2.05) is 35.2 Å². The standard InChI is InChI=1S/C16H17N3O/c17-18-14-9-7-13(8-10-14)16(20)19-11-3-5-12-4-1-2-6-15(12)19/h1-2,4,6-10,18H,3,5,11,17H2. The molecule has 1 aliphatic heterocycles. The molecule has 4 heteroatoms.